The van der Waals surface area contributed by atoms with Gasteiger partial charge in [0.05, 0.1) is 24.8 Å². The van der Waals surface area contributed by atoms with Gasteiger partial charge in [0, 0.05) is 35.3 Å². The molecule has 0 unspecified atom stereocenters. The fourth-order valence-corrected chi connectivity index (χ4v) is 5.29. The van der Waals surface area contributed by atoms with E-state index < -0.39 is 11.7 Å². The molecular weight excluding hydrogens is 566 g/mol. The van der Waals surface area contributed by atoms with Crippen molar-refractivity contribution >= 4 is 23.5 Å². The molecule has 8 nitrogen and oxygen atoms in total. The van der Waals surface area contributed by atoms with Gasteiger partial charge in [-0.3, -0.25) is 14.4 Å². The van der Waals surface area contributed by atoms with Crippen molar-refractivity contribution in [2.24, 2.45) is 0 Å². The number of carbonyl (C=O) groups is 2. The summed E-state index contributed by atoms with van der Waals surface area (Å²) >= 11 is 6.15. The molecule has 0 radical (unpaired) electrons. The molecule has 1 saturated heterocycles. The number of benzene rings is 2. The van der Waals surface area contributed by atoms with Crippen molar-refractivity contribution in [2.75, 3.05) is 13.2 Å². The zero-order valence-electron chi connectivity index (χ0n) is 25.1. The number of hydrogen-bond acceptors (Lipinski definition) is 6. The van der Waals surface area contributed by atoms with Crippen LogP contribution in [0, 0.1) is 11.8 Å². The molecule has 4 rings (SSSR count). The van der Waals surface area contributed by atoms with E-state index in [4.69, 9.17) is 16.3 Å². The summed E-state index contributed by atoms with van der Waals surface area (Å²) in [6, 6.07) is 12.4. The zero-order chi connectivity index (χ0) is 31.0. The van der Waals surface area contributed by atoms with Gasteiger partial charge in [-0.15, -0.1) is 0 Å². The number of ketones is 1. The molecule has 1 aliphatic rings. The highest BCUT2D eigenvalue weighted by molar-refractivity contribution is 6.31. The molecule has 0 saturated carbocycles. The van der Waals surface area contributed by atoms with E-state index in [0.29, 0.717) is 47.8 Å². The molecule has 2 aromatic carbocycles. The quantitative estimate of drug-likeness (QED) is 0.217. The van der Waals surface area contributed by atoms with Crippen LogP contribution in [0.3, 0.4) is 0 Å². The van der Waals surface area contributed by atoms with Gasteiger partial charge in [-0.05, 0) is 95.2 Å². The monoisotopic (exact) mass is 605 g/mol. The largest absolute Gasteiger partial charge is 0.507 e. The van der Waals surface area contributed by atoms with Gasteiger partial charge in [-0.2, -0.15) is 5.10 Å². The van der Waals surface area contributed by atoms with Crippen molar-refractivity contribution in [3.8, 4) is 28.8 Å². The summed E-state index contributed by atoms with van der Waals surface area (Å²) < 4.78 is 7.13. The molecule has 228 valence electrons. The Morgan fingerprint density at radius 3 is 2.58 bits per heavy atom. The number of Topliss-reactive ketones (excluding diaryl/α,β-unsaturated/α-hetero) is 1. The number of aliphatic hydroxyl groups excluding tert-OH is 1. The average molecular weight is 606 g/mol. The third-order valence-electron chi connectivity index (χ3n) is 7.24. The van der Waals surface area contributed by atoms with E-state index in [9.17, 15) is 19.8 Å². The molecule has 1 aromatic heterocycles. The number of phenols is 1. The summed E-state index contributed by atoms with van der Waals surface area (Å²) in [7, 11) is 0. The minimum atomic E-state index is -0.587. The molecule has 0 spiro atoms. The van der Waals surface area contributed by atoms with Crippen LogP contribution < -0.4 is 0 Å². The molecule has 1 aliphatic heterocycles. The maximum Gasteiger partial charge on any atom is 0.410 e. The number of aryl methyl sites for hydroxylation is 1. The minimum Gasteiger partial charge on any atom is -0.507 e. The SMILES string of the molecule is CC(C)(C)OC(=O)N1CCCC[C@H]1C(=O)CCCCc1ccc(C#Cc2cn(CCO)nc2-c2cc(Cl)ccc2O)cc1. The van der Waals surface area contributed by atoms with Crippen LogP contribution in [0.25, 0.3) is 11.3 Å². The van der Waals surface area contributed by atoms with Crippen molar-refractivity contribution < 1.29 is 24.5 Å². The Bertz CT molecular complexity index is 1480. The van der Waals surface area contributed by atoms with Crippen LogP contribution in [0.2, 0.25) is 5.02 Å². The first-order valence-electron chi connectivity index (χ1n) is 14.8. The number of nitrogens with zero attached hydrogens (tertiary/aromatic N) is 3. The highest BCUT2D eigenvalue weighted by Gasteiger charge is 2.34. The van der Waals surface area contributed by atoms with Crippen molar-refractivity contribution in [3.05, 3.63) is 70.4 Å². The van der Waals surface area contributed by atoms with Crippen LogP contribution in [0.1, 0.15) is 76.0 Å². The number of aromatic hydroxyl groups is 1. The van der Waals surface area contributed by atoms with Crippen LogP contribution in [-0.2, 0) is 22.5 Å². The Morgan fingerprint density at radius 2 is 1.86 bits per heavy atom. The highest BCUT2D eigenvalue weighted by atomic mass is 35.5. The van der Waals surface area contributed by atoms with Gasteiger partial charge in [0.15, 0.2) is 5.78 Å². The summed E-state index contributed by atoms with van der Waals surface area (Å²) in [4.78, 5) is 27.3. The zero-order valence-corrected chi connectivity index (χ0v) is 25.9. The van der Waals surface area contributed by atoms with Crippen molar-refractivity contribution in [1.29, 1.82) is 0 Å². The van der Waals surface area contributed by atoms with Gasteiger partial charge in [0.2, 0.25) is 0 Å². The summed E-state index contributed by atoms with van der Waals surface area (Å²) in [5, 5.41) is 24.7. The summed E-state index contributed by atoms with van der Waals surface area (Å²) in [6.07, 6.45) is 6.80. The lowest BCUT2D eigenvalue weighted by Crippen LogP contribution is -2.49. The number of aliphatic hydroxyl groups is 1. The number of piperidine rings is 1. The van der Waals surface area contributed by atoms with Crippen LogP contribution in [0.4, 0.5) is 4.79 Å². The van der Waals surface area contributed by atoms with E-state index in [1.54, 1.807) is 27.9 Å². The number of hydrogen-bond donors (Lipinski definition) is 2. The maximum atomic E-state index is 13.0. The summed E-state index contributed by atoms with van der Waals surface area (Å²) in [5.41, 5.74) is 2.98. The number of amides is 1. The number of ether oxygens (including phenoxy) is 1. The van der Waals surface area contributed by atoms with E-state index in [-0.39, 0.29) is 24.2 Å². The first-order chi connectivity index (χ1) is 20.5. The molecule has 1 atom stereocenters. The first-order valence-corrected chi connectivity index (χ1v) is 15.2. The third kappa shape index (κ3) is 9.09. The second kappa shape index (κ2) is 14.6. The van der Waals surface area contributed by atoms with Gasteiger partial charge in [0.25, 0.3) is 0 Å². The Morgan fingerprint density at radius 1 is 1.09 bits per heavy atom. The van der Waals surface area contributed by atoms with Crippen molar-refractivity contribution in [2.45, 2.75) is 83.9 Å². The van der Waals surface area contributed by atoms with E-state index in [2.05, 4.69) is 16.9 Å². The Kier molecular flexibility index (Phi) is 10.9. The summed E-state index contributed by atoms with van der Waals surface area (Å²) in [6.45, 7) is 6.31. The fourth-order valence-electron chi connectivity index (χ4n) is 5.12. The normalized spacial score (nSPS) is 15.1. The molecule has 43 heavy (non-hydrogen) atoms. The number of aromatic nitrogens is 2. The van der Waals surface area contributed by atoms with E-state index in [0.717, 1.165) is 43.2 Å². The van der Waals surface area contributed by atoms with Crippen molar-refractivity contribution in [1.82, 2.24) is 14.7 Å². The molecule has 0 bridgehead atoms. The number of unbranched alkanes of at least 4 members (excludes halogenated alkanes) is 1. The van der Waals surface area contributed by atoms with E-state index >= 15 is 0 Å². The molecule has 0 aliphatic carbocycles. The fraction of sp³-hybridized carbons (Fsp3) is 0.441. The molecule has 2 N–H and O–H groups in total. The second-order valence-electron chi connectivity index (χ2n) is 11.8. The lowest BCUT2D eigenvalue weighted by molar-refractivity contribution is -0.125. The lowest BCUT2D eigenvalue weighted by atomic mass is 9.95. The second-order valence-corrected chi connectivity index (χ2v) is 12.3. The maximum absolute atomic E-state index is 13.0. The lowest BCUT2D eigenvalue weighted by Gasteiger charge is -2.36. The minimum absolute atomic E-state index is 0.0480. The van der Waals surface area contributed by atoms with Gasteiger partial charge in [-0.25, -0.2) is 4.79 Å². The van der Waals surface area contributed by atoms with Crippen LogP contribution >= 0.6 is 11.6 Å². The molecule has 1 fully saturated rings. The van der Waals surface area contributed by atoms with Gasteiger partial charge in [-0.1, -0.05) is 35.6 Å². The van der Waals surface area contributed by atoms with Gasteiger partial charge in [0.1, 0.15) is 17.0 Å². The Hall–Kier alpha value is -3.80. The smallest absolute Gasteiger partial charge is 0.410 e. The average Bonchev–Trinajstić information content (AvgIpc) is 3.37. The predicted molar refractivity (Wildman–Crippen MR) is 167 cm³/mol. The topological polar surface area (TPSA) is 105 Å². The molecular formula is C34H40ClN3O5. The standard InChI is InChI=1S/C34H40ClN3O5/c1-34(2,3)43-33(42)38-19-7-6-9-29(38)31(41)10-5-4-8-24-11-13-25(14-12-24)15-16-26-23-37(20-21-39)36-32(26)28-22-27(35)17-18-30(28)40/h11-14,17-18,22-23,29,39-40H,4-10,19-21H2,1-3H3/t29-/m0/s1. The number of phenolic OH excluding ortho intramolecular Hbond substituents is 1. The number of carbonyl (C=O) groups excluding carboxylic acids is 2. The van der Waals surface area contributed by atoms with Crippen LogP contribution in [-0.4, -0.2) is 61.6 Å². The molecule has 1 amide bonds. The molecule has 2 heterocycles. The number of rotatable bonds is 9. The highest BCUT2D eigenvalue weighted by Crippen LogP contribution is 2.32. The molecule has 3 aromatic rings. The first kappa shape index (κ1) is 32.1. The van der Waals surface area contributed by atoms with E-state index in [1.807, 2.05) is 45.0 Å². The van der Waals surface area contributed by atoms with E-state index in [1.165, 1.54) is 6.07 Å². The Balaban J connectivity index is 1.33. The number of halogens is 1. The Labute approximate surface area is 258 Å². The molecule has 9 heteroatoms. The van der Waals surface area contributed by atoms with Gasteiger partial charge < -0.3 is 14.9 Å². The van der Waals surface area contributed by atoms with Crippen LogP contribution in [0.15, 0.2) is 48.7 Å². The van der Waals surface area contributed by atoms with Gasteiger partial charge >= 0.3 is 6.09 Å². The summed E-state index contributed by atoms with van der Waals surface area (Å²) in [5.74, 6) is 6.48. The number of likely N-dealkylation sites (tertiary alicyclic amines) is 1. The predicted octanol–water partition coefficient (Wildman–Crippen LogP) is 6.37. The third-order valence-corrected chi connectivity index (χ3v) is 7.48. The van der Waals surface area contributed by atoms with Crippen LogP contribution in [0.5, 0.6) is 5.75 Å². The van der Waals surface area contributed by atoms with Crippen molar-refractivity contribution in [3.63, 3.8) is 0 Å².